The van der Waals surface area contributed by atoms with Crippen LogP contribution < -0.4 is 10.6 Å². The molecule has 1 unspecified atom stereocenters. The largest absolute Gasteiger partial charge is 0.378 e. The van der Waals surface area contributed by atoms with Gasteiger partial charge in [0.25, 0.3) is 0 Å². The number of hydrogen-bond donors (Lipinski definition) is 2. The number of urea groups is 1. The van der Waals surface area contributed by atoms with Crippen LogP contribution in [0, 0.1) is 11.3 Å². The van der Waals surface area contributed by atoms with Gasteiger partial charge in [-0.25, -0.2) is 4.79 Å². The van der Waals surface area contributed by atoms with Gasteiger partial charge < -0.3 is 15.4 Å². The number of benzene rings is 1. The normalized spacial score (nSPS) is 22.4. The average Bonchev–Trinajstić information content (AvgIpc) is 2.99. The Morgan fingerprint density at radius 1 is 1.12 bits per heavy atom. The molecule has 0 saturated carbocycles. The highest BCUT2D eigenvalue weighted by Crippen LogP contribution is 2.30. The Labute approximate surface area is 151 Å². The van der Waals surface area contributed by atoms with Crippen molar-refractivity contribution in [3.8, 4) is 0 Å². The average molecular weight is 344 g/mol. The van der Waals surface area contributed by atoms with Gasteiger partial charge in [0.15, 0.2) is 0 Å². The second kappa shape index (κ2) is 8.22. The molecule has 2 aliphatic rings. The minimum absolute atomic E-state index is 0.0494. The molecular weight excluding hydrogens is 312 g/mol. The zero-order chi connectivity index (χ0) is 17.7. The lowest BCUT2D eigenvalue weighted by atomic mass is 9.85. The van der Waals surface area contributed by atoms with Gasteiger partial charge >= 0.3 is 6.03 Å². The summed E-state index contributed by atoms with van der Waals surface area (Å²) in [7, 11) is 0. The van der Waals surface area contributed by atoms with E-state index in [0.29, 0.717) is 24.0 Å². The number of rotatable bonds is 6. The molecule has 138 valence electrons. The van der Waals surface area contributed by atoms with Gasteiger partial charge in [0, 0.05) is 13.1 Å². The standard InChI is InChI=1S/C21H32N2O2/c1-21(2)10-7-19(25-15-21)9-12-23-20(24)22-11-8-16-13-17-5-3-4-6-18(17)14-16/h3-6,16,19H,7-15H2,1-2H3,(H2,22,23,24). The Kier molecular flexibility index (Phi) is 6.00. The molecule has 1 heterocycles. The molecule has 0 bridgehead atoms. The number of carbonyl (C=O) groups excluding carboxylic acids is 1. The first-order chi connectivity index (χ1) is 12.0. The van der Waals surface area contributed by atoms with E-state index in [4.69, 9.17) is 4.74 Å². The van der Waals surface area contributed by atoms with Crippen molar-refractivity contribution < 1.29 is 9.53 Å². The molecule has 1 aromatic rings. The van der Waals surface area contributed by atoms with Gasteiger partial charge in [0.2, 0.25) is 0 Å². The third kappa shape index (κ3) is 5.46. The highest BCUT2D eigenvalue weighted by molar-refractivity contribution is 5.73. The fraction of sp³-hybridized carbons (Fsp3) is 0.667. The van der Waals surface area contributed by atoms with E-state index >= 15 is 0 Å². The summed E-state index contributed by atoms with van der Waals surface area (Å²) < 4.78 is 5.88. The monoisotopic (exact) mass is 344 g/mol. The zero-order valence-electron chi connectivity index (χ0n) is 15.6. The van der Waals surface area contributed by atoms with E-state index in [0.717, 1.165) is 45.3 Å². The van der Waals surface area contributed by atoms with Crippen molar-refractivity contribution in [2.75, 3.05) is 19.7 Å². The highest BCUT2D eigenvalue weighted by atomic mass is 16.5. The van der Waals surface area contributed by atoms with Crippen LogP contribution in [0.1, 0.15) is 50.7 Å². The van der Waals surface area contributed by atoms with E-state index in [1.165, 1.54) is 17.5 Å². The van der Waals surface area contributed by atoms with Crippen LogP contribution in [0.5, 0.6) is 0 Å². The third-order valence-corrected chi connectivity index (χ3v) is 5.58. The van der Waals surface area contributed by atoms with E-state index in [2.05, 4.69) is 48.7 Å². The van der Waals surface area contributed by atoms with Gasteiger partial charge in [-0.1, -0.05) is 38.1 Å². The Bertz CT molecular complexity index is 550. The smallest absolute Gasteiger partial charge is 0.314 e. The second-order valence-corrected chi connectivity index (χ2v) is 8.44. The lowest BCUT2D eigenvalue weighted by Crippen LogP contribution is -2.39. The molecule has 1 aliphatic heterocycles. The molecule has 4 heteroatoms. The van der Waals surface area contributed by atoms with Crippen LogP contribution >= 0.6 is 0 Å². The highest BCUT2D eigenvalue weighted by Gasteiger charge is 2.27. The van der Waals surface area contributed by atoms with Crippen LogP contribution in [0.2, 0.25) is 0 Å². The molecule has 4 nitrogen and oxygen atoms in total. The Balaban J connectivity index is 1.25. The van der Waals surface area contributed by atoms with Crippen LogP contribution in [0.4, 0.5) is 4.79 Å². The van der Waals surface area contributed by atoms with Gasteiger partial charge in [-0.05, 0) is 61.0 Å². The van der Waals surface area contributed by atoms with E-state index < -0.39 is 0 Å². The molecule has 1 aromatic carbocycles. The summed E-state index contributed by atoms with van der Waals surface area (Å²) in [6.07, 6.45) is 6.84. The lowest BCUT2D eigenvalue weighted by molar-refractivity contribution is -0.0505. The SMILES string of the molecule is CC1(C)CCC(CCNC(=O)NCCC2Cc3ccccc3C2)OC1. The van der Waals surface area contributed by atoms with Gasteiger partial charge in [0.05, 0.1) is 12.7 Å². The van der Waals surface area contributed by atoms with Crippen LogP contribution in [0.25, 0.3) is 0 Å². The fourth-order valence-corrected chi connectivity index (χ4v) is 3.93. The summed E-state index contributed by atoms with van der Waals surface area (Å²) in [5.74, 6) is 0.664. The van der Waals surface area contributed by atoms with E-state index in [1.807, 2.05) is 0 Å². The topological polar surface area (TPSA) is 50.4 Å². The first-order valence-electron chi connectivity index (χ1n) is 9.72. The van der Waals surface area contributed by atoms with E-state index in [-0.39, 0.29) is 6.03 Å². The molecule has 1 fully saturated rings. The quantitative estimate of drug-likeness (QED) is 0.827. The summed E-state index contributed by atoms with van der Waals surface area (Å²) in [5, 5.41) is 5.96. The Hall–Kier alpha value is -1.55. The first-order valence-corrected chi connectivity index (χ1v) is 9.72. The molecular formula is C21H32N2O2. The van der Waals surface area contributed by atoms with E-state index in [1.54, 1.807) is 0 Å². The molecule has 1 saturated heterocycles. The summed E-state index contributed by atoms with van der Waals surface area (Å²) >= 11 is 0. The van der Waals surface area contributed by atoms with Crippen molar-refractivity contribution in [3.05, 3.63) is 35.4 Å². The van der Waals surface area contributed by atoms with Gasteiger partial charge in [-0.2, -0.15) is 0 Å². The van der Waals surface area contributed by atoms with Crippen LogP contribution in [0.3, 0.4) is 0 Å². The Morgan fingerprint density at radius 2 is 1.76 bits per heavy atom. The van der Waals surface area contributed by atoms with Crippen molar-refractivity contribution in [1.82, 2.24) is 10.6 Å². The molecule has 1 atom stereocenters. The molecule has 3 rings (SSSR count). The zero-order valence-corrected chi connectivity index (χ0v) is 15.6. The van der Waals surface area contributed by atoms with Crippen LogP contribution in [-0.2, 0) is 17.6 Å². The predicted octanol–water partition coefficient (Wildman–Crippen LogP) is 3.69. The van der Waals surface area contributed by atoms with Crippen molar-refractivity contribution in [3.63, 3.8) is 0 Å². The van der Waals surface area contributed by atoms with Gasteiger partial charge in [-0.3, -0.25) is 0 Å². The first kappa shape index (κ1) is 18.2. The number of amides is 2. The molecule has 2 amide bonds. The Morgan fingerprint density at radius 3 is 2.36 bits per heavy atom. The molecule has 25 heavy (non-hydrogen) atoms. The molecule has 0 radical (unpaired) electrons. The van der Waals surface area contributed by atoms with Crippen molar-refractivity contribution in [2.24, 2.45) is 11.3 Å². The maximum absolute atomic E-state index is 11.9. The molecule has 0 spiro atoms. The minimum Gasteiger partial charge on any atom is -0.378 e. The summed E-state index contributed by atoms with van der Waals surface area (Å²) in [4.78, 5) is 11.9. The van der Waals surface area contributed by atoms with Gasteiger partial charge in [0.1, 0.15) is 0 Å². The number of fused-ring (bicyclic) bond motifs is 1. The number of ether oxygens (including phenoxy) is 1. The van der Waals surface area contributed by atoms with Crippen LogP contribution in [0.15, 0.2) is 24.3 Å². The molecule has 0 aromatic heterocycles. The molecule has 1 aliphatic carbocycles. The summed E-state index contributed by atoms with van der Waals surface area (Å²) in [6, 6.07) is 8.63. The second-order valence-electron chi connectivity index (χ2n) is 8.44. The van der Waals surface area contributed by atoms with Crippen molar-refractivity contribution >= 4 is 6.03 Å². The third-order valence-electron chi connectivity index (χ3n) is 5.58. The number of carbonyl (C=O) groups is 1. The fourth-order valence-electron chi connectivity index (χ4n) is 3.93. The number of hydrogen-bond acceptors (Lipinski definition) is 2. The van der Waals surface area contributed by atoms with Crippen molar-refractivity contribution in [2.45, 2.75) is 58.5 Å². The predicted molar refractivity (Wildman–Crippen MR) is 101 cm³/mol. The minimum atomic E-state index is -0.0494. The van der Waals surface area contributed by atoms with Crippen LogP contribution in [-0.4, -0.2) is 31.8 Å². The summed E-state index contributed by atoms with van der Waals surface area (Å²) in [6.45, 7) is 6.76. The van der Waals surface area contributed by atoms with Gasteiger partial charge in [-0.15, -0.1) is 0 Å². The maximum Gasteiger partial charge on any atom is 0.314 e. The van der Waals surface area contributed by atoms with E-state index in [9.17, 15) is 4.79 Å². The lowest BCUT2D eigenvalue weighted by Gasteiger charge is -2.34. The number of nitrogens with one attached hydrogen (secondary N) is 2. The molecule has 2 N–H and O–H groups in total. The maximum atomic E-state index is 11.9. The van der Waals surface area contributed by atoms with Crippen molar-refractivity contribution in [1.29, 1.82) is 0 Å². The summed E-state index contributed by atoms with van der Waals surface area (Å²) in [5.41, 5.74) is 3.27.